The average Bonchev–Trinajstić information content (AvgIpc) is 1.97. The van der Waals surface area contributed by atoms with Gasteiger partial charge >= 0.3 is 6.18 Å². The molecular weight excluding hydrogens is 183 g/mol. The fourth-order valence-electron chi connectivity index (χ4n) is 0.727. The van der Waals surface area contributed by atoms with Gasteiger partial charge in [-0.3, -0.25) is 4.79 Å². The molecule has 1 amide bonds. The fraction of sp³-hybridized carbons (Fsp3) is 0.875. The van der Waals surface area contributed by atoms with Crippen LogP contribution < -0.4 is 0 Å². The van der Waals surface area contributed by atoms with Crippen LogP contribution >= 0.6 is 0 Å². The molecule has 0 aromatic carbocycles. The third-order valence-electron chi connectivity index (χ3n) is 1.85. The molecule has 0 fully saturated rings. The van der Waals surface area contributed by atoms with Crippen LogP contribution in [0.3, 0.4) is 0 Å². The van der Waals surface area contributed by atoms with Crippen molar-refractivity contribution in [1.29, 1.82) is 0 Å². The zero-order valence-corrected chi connectivity index (χ0v) is 7.98. The highest BCUT2D eigenvalue weighted by molar-refractivity contribution is 5.75. The van der Waals surface area contributed by atoms with Crippen molar-refractivity contribution >= 4 is 5.91 Å². The molecular formula is C8H14F3NO. The molecule has 0 radical (unpaired) electrons. The second-order valence-corrected chi connectivity index (χ2v) is 3.27. The molecule has 1 unspecified atom stereocenters. The van der Waals surface area contributed by atoms with E-state index in [1.165, 1.54) is 19.0 Å². The number of halogens is 3. The van der Waals surface area contributed by atoms with Gasteiger partial charge in [0.05, 0.1) is 5.92 Å². The molecule has 13 heavy (non-hydrogen) atoms. The van der Waals surface area contributed by atoms with Gasteiger partial charge in [0.2, 0.25) is 5.91 Å². The maximum atomic E-state index is 12.0. The third-order valence-corrected chi connectivity index (χ3v) is 1.85. The largest absolute Gasteiger partial charge is 0.391 e. The van der Waals surface area contributed by atoms with E-state index in [2.05, 4.69) is 0 Å². The molecule has 0 aliphatic rings. The summed E-state index contributed by atoms with van der Waals surface area (Å²) in [6.45, 7) is 1.09. The van der Waals surface area contributed by atoms with Gasteiger partial charge in [0, 0.05) is 20.5 Å². The Labute approximate surface area is 75.7 Å². The number of rotatable bonds is 3. The standard InChI is InChI=1S/C8H14F3NO/c1-6(8(9,10)11)4-5-7(13)12(2)3/h6H,4-5H2,1-3H3. The second-order valence-electron chi connectivity index (χ2n) is 3.27. The van der Waals surface area contributed by atoms with E-state index < -0.39 is 12.1 Å². The van der Waals surface area contributed by atoms with Crippen LogP contribution in [0, 0.1) is 5.92 Å². The Balaban J connectivity index is 3.84. The van der Waals surface area contributed by atoms with Crippen LogP contribution in [-0.4, -0.2) is 31.1 Å². The summed E-state index contributed by atoms with van der Waals surface area (Å²) in [5.74, 6) is -1.67. The fourth-order valence-corrected chi connectivity index (χ4v) is 0.727. The highest BCUT2D eigenvalue weighted by atomic mass is 19.4. The predicted octanol–water partition coefficient (Wildman–Crippen LogP) is 2.05. The van der Waals surface area contributed by atoms with Crippen molar-refractivity contribution in [3.63, 3.8) is 0 Å². The normalized spacial score (nSPS) is 14.0. The first-order valence-corrected chi connectivity index (χ1v) is 4.02. The Morgan fingerprint density at radius 1 is 1.38 bits per heavy atom. The van der Waals surface area contributed by atoms with Gasteiger partial charge in [-0.1, -0.05) is 6.92 Å². The van der Waals surface area contributed by atoms with E-state index in [1.807, 2.05) is 0 Å². The molecule has 0 heterocycles. The monoisotopic (exact) mass is 197 g/mol. The summed E-state index contributed by atoms with van der Waals surface area (Å²) in [4.78, 5) is 12.2. The van der Waals surface area contributed by atoms with Crippen molar-refractivity contribution in [2.45, 2.75) is 25.9 Å². The zero-order chi connectivity index (χ0) is 10.6. The Kier molecular flexibility index (Phi) is 4.23. The number of hydrogen-bond donors (Lipinski definition) is 0. The summed E-state index contributed by atoms with van der Waals surface area (Å²) in [5, 5.41) is 0. The van der Waals surface area contributed by atoms with Gasteiger partial charge in [0.25, 0.3) is 0 Å². The Bertz CT molecular complexity index is 177. The van der Waals surface area contributed by atoms with E-state index in [9.17, 15) is 18.0 Å². The minimum Gasteiger partial charge on any atom is -0.349 e. The van der Waals surface area contributed by atoms with E-state index in [-0.39, 0.29) is 18.7 Å². The molecule has 0 saturated carbocycles. The van der Waals surface area contributed by atoms with E-state index in [1.54, 1.807) is 0 Å². The minimum absolute atomic E-state index is 0.0479. The highest BCUT2D eigenvalue weighted by Crippen LogP contribution is 2.29. The van der Waals surface area contributed by atoms with Gasteiger partial charge in [-0.15, -0.1) is 0 Å². The van der Waals surface area contributed by atoms with Crippen molar-refractivity contribution in [2.24, 2.45) is 5.92 Å². The van der Waals surface area contributed by atoms with Crippen LogP contribution in [-0.2, 0) is 4.79 Å². The molecule has 0 aromatic rings. The number of alkyl halides is 3. The SMILES string of the molecule is CC(CCC(=O)N(C)C)C(F)(F)F. The topological polar surface area (TPSA) is 20.3 Å². The van der Waals surface area contributed by atoms with Gasteiger partial charge in [-0.05, 0) is 6.42 Å². The lowest BCUT2D eigenvalue weighted by Gasteiger charge is -2.16. The quantitative estimate of drug-likeness (QED) is 0.678. The molecule has 1 atom stereocenters. The van der Waals surface area contributed by atoms with Crippen LogP contribution in [0.2, 0.25) is 0 Å². The molecule has 0 bridgehead atoms. The molecule has 0 aliphatic heterocycles. The van der Waals surface area contributed by atoms with Crippen LogP contribution in [0.5, 0.6) is 0 Å². The van der Waals surface area contributed by atoms with Gasteiger partial charge < -0.3 is 4.90 Å². The molecule has 0 N–H and O–H groups in total. The van der Waals surface area contributed by atoms with Crippen molar-refractivity contribution in [3.05, 3.63) is 0 Å². The molecule has 0 rings (SSSR count). The minimum atomic E-state index is -4.19. The van der Waals surface area contributed by atoms with Crippen molar-refractivity contribution in [2.75, 3.05) is 14.1 Å². The predicted molar refractivity (Wildman–Crippen MR) is 43.1 cm³/mol. The van der Waals surface area contributed by atoms with E-state index in [0.717, 1.165) is 6.92 Å². The molecule has 0 aromatic heterocycles. The van der Waals surface area contributed by atoms with Crippen LogP contribution in [0.25, 0.3) is 0 Å². The smallest absolute Gasteiger partial charge is 0.349 e. The number of carbonyl (C=O) groups is 1. The van der Waals surface area contributed by atoms with Crippen molar-refractivity contribution in [1.82, 2.24) is 4.90 Å². The lowest BCUT2D eigenvalue weighted by Crippen LogP contribution is -2.25. The molecule has 2 nitrogen and oxygen atoms in total. The van der Waals surface area contributed by atoms with Crippen LogP contribution in [0.1, 0.15) is 19.8 Å². The van der Waals surface area contributed by atoms with E-state index in [0.29, 0.717) is 0 Å². The number of hydrogen-bond acceptors (Lipinski definition) is 1. The molecule has 0 aliphatic carbocycles. The van der Waals surface area contributed by atoms with Crippen molar-refractivity contribution < 1.29 is 18.0 Å². The third kappa shape index (κ3) is 4.75. The highest BCUT2D eigenvalue weighted by Gasteiger charge is 2.35. The maximum Gasteiger partial charge on any atom is 0.391 e. The molecule has 78 valence electrons. The van der Waals surface area contributed by atoms with Gasteiger partial charge in [-0.2, -0.15) is 13.2 Å². The lowest BCUT2D eigenvalue weighted by atomic mass is 10.1. The van der Waals surface area contributed by atoms with Gasteiger partial charge in [0.15, 0.2) is 0 Å². The maximum absolute atomic E-state index is 12.0. The molecule has 0 spiro atoms. The number of carbonyl (C=O) groups excluding carboxylic acids is 1. The van der Waals surface area contributed by atoms with Gasteiger partial charge in [-0.25, -0.2) is 0 Å². The summed E-state index contributed by atoms with van der Waals surface area (Å²) in [7, 11) is 3.06. The Morgan fingerprint density at radius 3 is 2.15 bits per heavy atom. The summed E-state index contributed by atoms with van der Waals surface area (Å²) < 4.78 is 35.9. The summed E-state index contributed by atoms with van der Waals surface area (Å²) >= 11 is 0. The van der Waals surface area contributed by atoms with E-state index in [4.69, 9.17) is 0 Å². The van der Waals surface area contributed by atoms with Crippen LogP contribution in [0.15, 0.2) is 0 Å². The molecule has 5 heteroatoms. The van der Waals surface area contributed by atoms with E-state index >= 15 is 0 Å². The zero-order valence-electron chi connectivity index (χ0n) is 7.98. The Hall–Kier alpha value is -0.740. The number of nitrogens with zero attached hydrogens (tertiary/aromatic N) is 1. The number of amides is 1. The van der Waals surface area contributed by atoms with Crippen molar-refractivity contribution in [3.8, 4) is 0 Å². The molecule has 0 saturated heterocycles. The summed E-state index contributed by atoms with van der Waals surface area (Å²) in [5.41, 5.74) is 0. The average molecular weight is 197 g/mol. The Morgan fingerprint density at radius 2 is 1.85 bits per heavy atom. The van der Waals surface area contributed by atoms with Gasteiger partial charge in [0.1, 0.15) is 0 Å². The first-order valence-electron chi connectivity index (χ1n) is 4.02. The lowest BCUT2D eigenvalue weighted by molar-refractivity contribution is -0.172. The van der Waals surface area contributed by atoms with Crippen LogP contribution in [0.4, 0.5) is 13.2 Å². The summed E-state index contributed by atoms with van der Waals surface area (Å²) in [6.07, 6.45) is -4.37. The first-order chi connectivity index (χ1) is 5.75. The summed E-state index contributed by atoms with van der Waals surface area (Å²) in [6, 6.07) is 0. The first kappa shape index (κ1) is 12.3. The second kappa shape index (κ2) is 4.48.